The van der Waals surface area contributed by atoms with Crippen LogP contribution >= 0.6 is 0 Å². The van der Waals surface area contributed by atoms with Gasteiger partial charge in [0.1, 0.15) is 18.5 Å². The van der Waals surface area contributed by atoms with E-state index in [1.165, 1.54) is 0 Å². The minimum Gasteiger partial charge on any atom is -0.371 e. The topological polar surface area (TPSA) is 56.2 Å². The van der Waals surface area contributed by atoms with Crippen molar-refractivity contribution >= 4 is 5.91 Å². The molecule has 0 aliphatic heterocycles. The highest BCUT2D eigenvalue weighted by Gasteiger charge is 2.17. The number of aromatic nitrogens is 2. The molecule has 0 aliphatic carbocycles. The van der Waals surface area contributed by atoms with Crippen LogP contribution in [0.1, 0.15) is 46.5 Å². The number of hydrogen-bond donors (Lipinski definition) is 1. The Kier molecular flexibility index (Phi) is 4.90. The maximum atomic E-state index is 11.9. The molecule has 1 aromatic rings. The molecule has 1 atom stereocenters. The van der Waals surface area contributed by atoms with Crippen LogP contribution in [0.5, 0.6) is 0 Å². The van der Waals surface area contributed by atoms with E-state index in [0.717, 1.165) is 5.82 Å². The van der Waals surface area contributed by atoms with Crippen LogP contribution in [-0.4, -0.2) is 27.6 Å². The van der Waals surface area contributed by atoms with Crippen LogP contribution in [0.2, 0.25) is 0 Å². The first-order valence-electron chi connectivity index (χ1n) is 6.27. The molecule has 0 spiro atoms. The molecule has 0 saturated carbocycles. The molecule has 0 saturated heterocycles. The molecule has 5 heteroatoms. The molecule has 5 nitrogen and oxygen atoms in total. The van der Waals surface area contributed by atoms with E-state index >= 15 is 0 Å². The molecule has 1 aromatic heterocycles. The van der Waals surface area contributed by atoms with Gasteiger partial charge in [0.05, 0.1) is 0 Å². The Labute approximate surface area is 109 Å². The van der Waals surface area contributed by atoms with Gasteiger partial charge in [0.15, 0.2) is 0 Å². The smallest absolute Gasteiger partial charge is 0.240 e. The second-order valence-corrected chi connectivity index (χ2v) is 5.31. The summed E-state index contributed by atoms with van der Waals surface area (Å²) < 4.78 is 7.32. The van der Waals surface area contributed by atoms with Gasteiger partial charge in [-0.2, -0.15) is 0 Å². The van der Waals surface area contributed by atoms with E-state index in [4.69, 9.17) is 4.74 Å². The standard InChI is InChI=1S/C13H23N3O2/c1-6-18-10(2)12-14-7-8-16(12)9-11(17)15-13(3,4)5/h7-8,10H,6,9H2,1-5H3,(H,15,17)/t10-/m1/s1. The summed E-state index contributed by atoms with van der Waals surface area (Å²) >= 11 is 0. The van der Waals surface area contributed by atoms with Gasteiger partial charge in [-0.25, -0.2) is 4.98 Å². The van der Waals surface area contributed by atoms with Gasteiger partial charge in [0, 0.05) is 24.5 Å². The van der Waals surface area contributed by atoms with Crippen molar-refractivity contribution in [1.82, 2.24) is 14.9 Å². The quantitative estimate of drug-likeness (QED) is 0.872. The zero-order valence-electron chi connectivity index (χ0n) is 11.9. The molecule has 0 aromatic carbocycles. The van der Waals surface area contributed by atoms with E-state index in [2.05, 4.69) is 10.3 Å². The summed E-state index contributed by atoms with van der Waals surface area (Å²) in [6, 6.07) is 0. The summed E-state index contributed by atoms with van der Waals surface area (Å²) in [4.78, 5) is 16.1. The number of nitrogens with one attached hydrogen (secondary N) is 1. The van der Waals surface area contributed by atoms with Crippen molar-refractivity contribution < 1.29 is 9.53 Å². The Morgan fingerprint density at radius 3 is 2.78 bits per heavy atom. The highest BCUT2D eigenvalue weighted by atomic mass is 16.5. The Bertz CT molecular complexity index is 393. The molecular weight excluding hydrogens is 230 g/mol. The molecule has 0 aliphatic rings. The minimum absolute atomic E-state index is 0.0227. The zero-order chi connectivity index (χ0) is 13.8. The summed E-state index contributed by atoms with van der Waals surface area (Å²) in [5.74, 6) is 0.756. The molecule has 1 N–H and O–H groups in total. The first-order valence-corrected chi connectivity index (χ1v) is 6.27. The third-order valence-electron chi connectivity index (χ3n) is 2.36. The number of nitrogens with zero attached hydrogens (tertiary/aromatic N) is 2. The average molecular weight is 253 g/mol. The summed E-state index contributed by atoms with van der Waals surface area (Å²) in [6.45, 7) is 10.7. The third-order valence-corrected chi connectivity index (χ3v) is 2.36. The fourth-order valence-corrected chi connectivity index (χ4v) is 1.75. The van der Waals surface area contributed by atoms with Crippen molar-refractivity contribution in [3.8, 4) is 0 Å². The second kappa shape index (κ2) is 6.00. The third kappa shape index (κ3) is 4.49. The lowest BCUT2D eigenvalue weighted by Crippen LogP contribution is -2.42. The average Bonchev–Trinajstić information content (AvgIpc) is 2.62. The SMILES string of the molecule is CCO[C@H](C)c1nccn1CC(=O)NC(C)(C)C. The van der Waals surface area contributed by atoms with Gasteiger partial charge in [-0.1, -0.05) is 0 Å². The fraction of sp³-hybridized carbons (Fsp3) is 0.692. The van der Waals surface area contributed by atoms with Crippen LogP contribution in [0, 0.1) is 0 Å². The normalized spacial score (nSPS) is 13.4. The van der Waals surface area contributed by atoms with E-state index in [0.29, 0.717) is 6.61 Å². The van der Waals surface area contributed by atoms with E-state index in [9.17, 15) is 4.79 Å². The predicted molar refractivity (Wildman–Crippen MR) is 70.2 cm³/mol. The van der Waals surface area contributed by atoms with E-state index < -0.39 is 0 Å². The molecule has 0 fully saturated rings. The van der Waals surface area contributed by atoms with Crippen LogP contribution in [0.4, 0.5) is 0 Å². The van der Waals surface area contributed by atoms with Crippen molar-refractivity contribution in [3.63, 3.8) is 0 Å². The van der Waals surface area contributed by atoms with Crippen molar-refractivity contribution in [2.75, 3.05) is 6.61 Å². The second-order valence-electron chi connectivity index (χ2n) is 5.31. The molecular formula is C13H23N3O2. The maximum Gasteiger partial charge on any atom is 0.240 e. The molecule has 1 heterocycles. The number of carbonyl (C=O) groups is 1. The number of hydrogen-bond acceptors (Lipinski definition) is 3. The number of imidazole rings is 1. The van der Waals surface area contributed by atoms with Crippen LogP contribution in [0.25, 0.3) is 0 Å². The molecule has 1 amide bonds. The first kappa shape index (κ1) is 14.7. The van der Waals surface area contributed by atoms with Gasteiger partial charge in [0.2, 0.25) is 5.91 Å². The predicted octanol–water partition coefficient (Wildman–Crippen LogP) is 1.90. The van der Waals surface area contributed by atoms with Crippen LogP contribution in [0.3, 0.4) is 0 Å². The molecule has 0 bridgehead atoms. The summed E-state index contributed by atoms with van der Waals surface area (Å²) in [6.07, 6.45) is 3.38. The van der Waals surface area contributed by atoms with Crippen molar-refractivity contribution in [3.05, 3.63) is 18.2 Å². The largest absolute Gasteiger partial charge is 0.371 e. The van der Waals surface area contributed by atoms with Gasteiger partial charge in [0.25, 0.3) is 0 Å². The highest BCUT2D eigenvalue weighted by molar-refractivity contribution is 5.76. The van der Waals surface area contributed by atoms with Gasteiger partial charge >= 0.3 is 0 Å². The van der Waals surface area contributed by atoms with Gasteiger partial charge in [-0.15, -0.1) is 0 Å². The Morgan fingerprint density at radius 1 is 1.56 bits per heavy atom. The van der Waals surface area contributed by atoms with Gasteiger partial charge in [-0.3, -0.25) is 4.79 Å². The lowest BCUT2D eigenvalue weighted by molar-refractivity contribution is -0.123. The van der Waals surface area contributed by atoms with Crippen molar-refractivity contribution in [2.24, 2.45) is 0 Å². The van der Waals surface area contributed by atoms with Crippen LogP contribution < -0.4 is 5.32 Å². The van der Waals surface area contributed by atoms with Gasteiger partial charge in [-0.05, 0) is 34.6 Å². The summed E-state index contributed by atoms with van der Waals surface area (Å²) in [7, 11) is 0. The van der Waals surface area contributed by atoms with E-state index in [-0.39, 0.29) is 24.1 Å². The Balaban J connectivity index is 2.68. The van der Waals surface area contributed by atoms with E-state index in [1.54, 1.807) is 12.4 Å². The van der Waals surface area contributed by atoms with Crippen molar-refractivity contribution in [1.29, 1.82) is 0 Å². The lowest BCUT2D eigenvalue weighted by Gasteiger charge is -2.21. The summed E-state index contributed by atoms with van der Waals surface area (Å²) in [5, 5.41) is 2.93. The zero-order valence-corrected chi connectivity index (χ0v) is 11.9. The molecule has 0 radical (unpaired) electrons. The van der Waals surface area contributed by atoms with Crippen LogP contribution in [-0.2, 0) is 16.1 Å². The minimum atomic E-state index is -0.219. The first-order chi connectivity index (χ1) is 8.33. The fourth-order valence-electron chi connectivity index (χ4n) is 1.75. The van der Waals surface area contributed by atoms with E-state index in [1.807, 2.05) is 39.2 Å². The van der Waals surface area contributed by atoms with Crippen LogP contribution in [0.15, 0.2) is 12.4 Å². The molecule has 18 heavy (non-hydrogen) atoms. The monoisotopic (exact) mass is 253 g/mol. The summed E-state index contributed by atoms with van der Waals surface area (Å²) in [5.41, 5.74) is -0.219. The number of amides is 1. The Hall–Kier alpha value is -1.36. The van der Waals surface area contributed by atoms with Crippen molar-refractivity contribution in [2.45, 2.75) is 52.8 Å². The Morgan fingerprint density at radius 2 is 2.22 bits per heavy atom. The molecule has 1 rings (SSSR count). The lowest BCUT2D eigenvalue weighted by atomic mass is 10.1. The number of rotatable bonds is 5. The number of carbonyl (C=O) groups excluding carboxylic acids is 1. The maximum absolute atomic E-state index is 11.9. The highest BCUT2D eigenvalue weighted by Crippen LogP contribution is 2.14. The van der Waals surface area contributed by atoms with Gasteiger partial charge < -0.3 is 14.6 Å². The number of ether oxygens (including phenoxy) is 1. The molecule has 102 valence electrons. The molecule has 0 unspecified atom stereocenters.